The van der Waals surface area contributed by atoms with Crippen LogP contribution in [0.4, 0.5) is 5.69 Å². The van der Waals surface area contributed by atoms with Gasteiger partial charge in [-0.05, 0) is 48.7 Å². The van der Waals surface area contributed by atoms with Crippen LogP contribution in [0, 0.1) is 0 Å². The van der Waals surface area contributed by atoms with Gasteiger partial charge in [-0.3, -0.25) is 4.79 Å². The minimum absolute atomic E-state index is 0.181. The van der Waals surface area contributed by atoms with Gasteiger partial charge in [0.1, 0.15) is 5.75 Å². The van der Waals surface area contributed by atoms with Crippen LogP contribution in [-0.4, -0.2) is 13.0 Å². The zero-order chi connectivity index (χ0) is 15.9. The van der Waals surface area contributed by atoms with E-state index in [-0.39, 0.29) is 5.91 Å². The monoisotopic (exact) mass is 361 g/mol. The number of amides is 1. The van der Waals surface area contributed by atoms with Crippen molar-refractivity contribution in [3.63, 3.8) is 0 Å². The highest BCUT2D eigenvalue weighted by atomic mass is 79.9. The van der Waals surface area contributed by atoms with Gasteiger partial charge in [-0.2, -0.15) is 0 Å². The van der Waals surface area contributed by atoms with E-state index in [0.29, 0.717) is 11.3 Å². The number of methoxy groups -OCH3 is 1. The molecule has 0 aliphatic heterocycles. The van der Waals surface area contributed by atoms with E-state index in [0.717, 1.165) is 16.6 Å². The molecule has 0 aromatic heterocycles. The van der Waals surface area contributed by atoms with Crippen molar-refractivity contribution in [1.82, 2.24) is 0 Å². The summed E-state index contributed by atoms with van der Waals surface area (Å²) in [7, 11) is 1.56. The van der Waals surface area contributed by atoms with Crippen molar-refractivity contribution in [2.45, 2.75) is 26.2 Å². The number of hydrogen-bond donors (Lipinski definition) is 1. The number of nitrogens with one attached hydrogen (secondary N) is 1. The number of aryl methyl sites for hydroxylation is 1. The average Bonchev–Trinajstić information content (AvgIpc) is 2.54. The minimum Gasteiger partial charge on any atom is -0.496 e. The Bertz CT molecular complexity index is 638. The summed E-state index contributed by atoms with van der Waals surface area (Å²) in [4.78, 5) is 12.4. The van der Waals surface area contributed by atoms with Crippen LogP contribution in [0.5, 0.6) is 5.75 Å². The molecule has 1 amide bonds. The molecule has 0 atom stereocenters. The van der Waals surface area contributed by atoms with Crippen LogP contribution in [0.2, 0.25) is 0 Å². The molecule has 2 rings (SSSR count). The van der Waals surface area contributed by atoms with Crippen molar-refractivity contribution in [1.29, 1.82) is 0 Å². The molecule has 0 spiro atoms. The Morgan fingerprint density at radius 2 is 1.91 bits per heavy atom. The Morgan fingerprint density at radius 3 is 2.55 bits per heavy atom. The summed E-state index contributed by atoms with van der Waals surface area (Å²) in [6, 6.07) is 13.4. The predicted octanol–water partition coefficient (Wildman–Crippen LogP) is 5.05. The highest BCUT2D eigenvalue weighted by Crippen LogP contribution is 2.24. The van der Waals surface area contributed by atoms with Gasteiger partial charge in [0.15, 0.2) is 0 Å². The number of rotatable bonds is 6. The SMILES string of the molecule is CCCCc1ccc(NC(=O)c2cc(Br)ccc2OC)cc1. The fourth-order valence-corrected chi connectivity index (χ4v) is 2.55. The number of halogens is 1. The van der Waals surface area contributed by atoms with E-state index in [1.807, 2.05) is 18.2 Å². The van der Waals surface area contributed by atoms with Gasteiger partial charge in [0, 0.05) is 10.2 Å². The molecule has 22 heavy (non-hydrogen) atoms. The fraction of sp³-hybridized carbons (Fsp3) is 0.278. The number of carbonyl (C=O) groups is 1. The van der Waals surface area contributed by atoms with Crippen molar-refractivity contribution in [3.8, 4) is 5.75 Å². The quantitative estimate of drug-likeness (QED) is 0.781. The molecule has 0 aliphatic rings. The Labute approximate surface area is 139 Å². The third-order valence-electron chi connectivity index (χ3n) is 3.44. The lowest BCUT2D eigenvalue weighted by Gasteiger charge is -2.10. The number of hydrogen-bond acceptors (Lipinski definition) is 2. The Morgan fingerprint density at radius 1 is 1.18 bits per heavy atom. The van der Waals surface area contributed by atoms with E-state index in [1.165, 1.54) is 18.4 Å². The van der Waals surface area contributed by atoms with E-state index in [2.05, 4.69) is 40.3 Å². The lowest BCUT2D eigenvalue weighted by atomic mass is 10.1. The van der Waals surface area contributed by atoms with E-state index >= 15 is 0 Å². The van der Waals surface area contributed by atoms with Crippen LogP contribution in [0.3, 0.4) is 0 Å². The van der Waals surface area contributed by atoms with E-state index < -0.39 is 0 Å². The topological polar surface area (TPSA) is 38.3 Å². The van der Waals surface area contributed by atoms with Gasteiger partial charge in [-0.1, -0.05) is 41.4 Å². The summed E-state index contributed by atoms with van der Waals surface area (Å²) in [6.07, 6.45) is 3.44. The third-order valence-corrected chi connectivity index (χ3v) is 3.93. The molecule has 116 valence electrons. The summed E-state index contributed by atoms with van der Waals surface area (Å²) in [5.74, 6) is 0.375. The van der Waals surface area contributed by atoms with Gasteiger partial charge < -0.3 is 10.1 Å². The minimum atomic E-state index is -0.181. The molecule has 0 radical (unpaired) electrons. The molecule has 3 nitrogen and oxygen atoms in total. The van der Waals surface area contributed by atoms with Crippen molar-refractivity contribution < 1.29 is 9.53 Å². The standard InChI is InChI=1S/C18H20BrNO2/c1-3-4-5-13-6-9-15(10-7-13)20-18(21)16-12-14(19)8-11-17(16)22-2/h6-12H,3-5H2,1-2H3,(H,20,21). The Balaban J connectivity index is 2.10. The van der Waals surface area contributed by atoms with Gasteiger partial charge in [0.05, 0.1) is 12.7 Å². The van der Waals surface area contributed by atoms with Crippen molar-refractivity contribution in [2.24, 2.45) is 0 Å². The highest BCUT2D eigenvalue weighted by Gasteiger charge is 2.13. The molecule has 2 aromatic carbocycles. The van der Waals surface area contributed by atoms with Crippen LogP contribution < -0.4 is 10.1 Å². The zero-order valence-corrected chi connectivity index (χ0v) is 14.4. The molecule has 0 fully saturated rings. The van der Waals surface area contributed by atoms with Crippen LogP contribution in [-0.2, 0) is 6.42 Å². The largest absolute Gasteiger partial charge is 0.496 e. The molecule has 0 saturated carbocycles. The summed E-state index contributed by atoms with van der Waals surface area (Å²) >= 11 is 3.38. The predicted molar refractivity (Wildman–Crippen MR) is 93.7 cm³/mol. The molecule has 2 aromatic rings. The second kappa shape index (κ2) is 7.99. The maximum Gasteiger partial charge on any atom is 0.259 e. The van der Waals surface area contributed by atoms with Crippen molar-refractivity contribution in [2.75, 3.05) is 12.4 Å². The zero-order valence-electron chi connectivity index (χ0n) is 12.9. The van der Waals surface area contributed by atoms with Crippen LogP contribution in [0.25, 0.3) is 0 Å². The van der Waals surface area contributed by atoms with Crippen LogP contribution in [0.1, 0.15) is 35.7 Å². The van der Waals surface area contributed by atoms with Gasteiger partial charge in [0.25, 0.3) is 5.91 Å². The van der Waals surface area contributed by atoms with Gasteiger partial charge >= 0.3 is 0 Å². The summed E-state index contributed by atoms with van der Waals surface area (Å²) in [5.41, 5.74) is 2.58. The second-order valence-corrected chi connectivity index (χ2v) is 6.01. The third kappa shape index (κ3) is 4.34. The smallest absolute Gasteiger partial charge is 0.259 e. The van der Waals surface area contributed by atoms with E-state index in [9.17, 15) is 4.79 Å². The Hall–Kier alpha value is -1.81. The fourth-order valence-electron chi connectivity index (χ4n) is 2.19. The number of anilines is 1. The molecule has 0 bridgehead atoms. The second-order valence-electron chi connectivity index (χ2n) is 5.10. The Kier molecular flexibility index (Phi) is 6.01. The first kappa shape index (κ1) is 16.6. The van der Waals surface area contributed by atoms with Gasteiger partial charge in [0.2, 0.25) is 0 Å². The number of ether oxygens (including phenoxy) is 1. The van der Waals surface area contributed by atoms with E-state index in [4.69, 9.17) is 4.74 Å². The summed E-state index contributed by atoms with van der Waals surface area (Å²) in [6.45, 7) is 2.18. The van der Waals surface area contributed by atoms with Crippen LogP contribution in [0.15, 0.2) is 46.9 Å². The molecular formula is C18H20BrNO2. The molecule has 0 saturated heterocycles. The van der Waals surface area contributed by atoms with Gasteiger partial charge in [-0.25, -0.2) is 0 Å². The molecule has 0 heterocycles. The summed E-state index contributed by atoms with van der Waals surface area (Å²) in [5, 5.41) is 2.90. The number of unbranched alkanes of at least 4 members (excludes halogenated alkanes) is 1. The van der Waals surface area contributed by atoms with Gasteiger partial charge in [-0.15, -0.1) is 0 Å². The molecule has 0 aliphatic carbocycles. The van der Waals surface area contributed by atoms with Crippen LogP contribution >= 0.6 is 15.9 Å². The lowest BCUT2D eigenvalue weighted by molar-refractivity contribution is 0.102. The maximum atomic E-state index is 12.4. The molecular weight excluding hydrogens is 342 g/mol. The number of carbonyl (C=O) groups excluding carboxylic acids is 1. The van der Waals surface area contributed by atoms with Crippen molar-refractivity contribution >= 4 is 27.5 Å². The lowest BCUT2D eigenvalue weighted by Crippen LogP contribution is -2.13. The van der Waals surface area contributed by atoms with E-state index in [1.54, 1.807) is 19.2 Å². The number of benzene rings is 2. The van der Waals surface area contributed by atoms with Crippen molar-refractivity contribution in [3.05, 3.63) is 58.1 Å². The first-order valence-electron chi connectivity index (χ1n) is 7.38. The maximum absolute atomic E-state index is 12.4. The molecule has 1 N–H and O–H groups in total. The average molecular weight is 362 g/mol. The first-order chi connectivity index (χ1) is 10.6. The normalized spacial score (nSPS) is 10.3. The first-order valence-corrected chi connectivity index (χ1v) is 8.17. The highest BCUT2D eigenvalue weighted by molar-refractivity contribution is 9.10. The summed E-state index contributed by atoms with van der Waals surface area (Å²) < 4.78 is 6.08. The molecule has 0 unspecified atom stereocenters. The molecule has 4 heteroatoms.